The van der Waals surface area contributed by atoms with Crippen molar-refractivity contribution in [1.29, 1.82) is 0 Å². The molecular weight excluding hydrogens is 312 g/mol. The second-order valence-corrected chi connectivity index (χ2v) is 8.47. The van der Waals surface area contributed by atoms with E-state index < -0.39 is 21.5 Å². The molecule has 0 aromatic rings. The van der Waals surface area contributed by atoms with Crippen LogP contribution in [-0.4, -0.2) is 29.4 Å². The summed E-state index contributed by atoms with van der Waals surface area (Å²) in [5.74, 6) is 0. The zero-order valence-corrected chi connectivity index (χ0v) is 16.0. The van der Waals surface area contributed by atoms with Gasteiger partial charge in [0.1, 0.15) is 0 Å². The van der Waals surface area contributed by atoms with Crippen molar-refractivity contribution in [3.63, 3.8) is 0 Å². The molecule has 4 nitrogen and oxygen atoms in total. The van der Waals surface area contributed by atoms with Crippen molar-refractivity contribution in [1.82, 2.24) is 0 Å². The van der Waals surface area contributed by atoms with Gasteiger partial charge < -0.3 is 5.11 Å². The van der Waals surface area contributed by atoms with Crippen LogP contribution in [0.1, 0.15) is 104 Å². The quantitative estimate of drug-likeness (QED) is 0.300. The minimum atomic E-state index is -3.98. The highest BCUT2D eigenvalue weighted by Crippen LogP contribution is 2.18. The summed E-state index contributed by atoms with van der Waals surface area (Å²) in [6.45, 7) is 4.13. The molecule has 5 heteroatoms. The molecule has 0 bridgehead atoms. The van der Waals surface area contributed by atoms with Crippen molar-refractivity contribution in [2.45, 2.75) is 115 Å². The Kier molecular flexibility index (Phi) is 14.2. The lowest BCUT2D eigenvalue weighted by molar-refractivity contribution is 0.147. The van der Waals surface area contributed by atoms with E-state index in [0.717, 1.165) is 25.7 Å². The van der Waals surface area contributed by atoms with E-state index in [1.807, 2.05) is 6.92 Å². The van der Waals surface area contributed by atoms with Crippen LogP contribution >= 0.6 is 0 Å². The van der Waals surface area contributed by atoms with Gasteiger partial charge in [-0.15, -0.1) is 0 Å². The van der Waals surface area contributed by atoms with E-state index in [9.17, 15) is 13.5 Å². The van der Waals surface area contributed by atoms with E-state index in [1.165, 1.54) is 44.9 Å². The summed E-state index contributed by atoms with van der Waals surface area (Å²) in [7, 11) is -3.98. The van der Waals surface area contributed by atoms with Gasteiger partial charge in [0, 0.05) is 0 Å². The van der Waals surface area contributed by atoms with E-state index in [-0.39, 0.29) is 0 Å². The molecule has 0 radical (unpaired) electrons. The Morgan fingerprint density at radius 1 is 0.696 bits per heavy atom. The molecular formula is C18H38O4S. The Labute approximate surface area is 143 Å². The third-order valence-electron chi connectivity index (χ3n) is 4.49. The van der Waals surface area contributed by atoms with Gasteiger partial charge in [0.05, 0.1) is 11.4 Å². The van der Waals surface area contributed by atoms with Crippen molar-refractivity contribution in [3.05, 3.63) is 0 Å². The van der Waals surface area contributed by atoms with Crippen molar-refractivity contribution in [2.24, 2.45) is 0 Å². The van der Waals surface area contributed by atoms with Gasteiger partial charge in [-0.25, -0.2) is 0 Å². The first-order valence-corrected chi connectivity index (χ1v) is 11.1. The number of rotatable bonds is 16. The van der Waals surface area contributed by atoms with E-state index in [1.54, 1.807) is 0 Å². The monoisotopic (exact) mass is 350 g/mol. The summed E-state index contributed by atoms with van der Waals surface area (Å²) in [6, 6.07) is 0. The predicted octanol–water partition coefficient (Wildman–Crippen LogP) is 5.10. The van der Waals surface area contributed by atoms with Gasteiger partial charge in [0.2, 0.25) is 0 Å². The maximum Gasteiger partial charge on any atom is 0.267 e. The van der Waals surface area contributed by atoms with Crippen LogP contribution in [0.3, 0.4) is 0 Å². The van der Waals surface area contributed by atoms with Crippen LogP contribution in [0.5, 0.6) is 0 Å². The second kappa shape index (κ2) is 14.2. The number of hydrogen-bond acceptors (Lipinski definition) is 3. The molecule has 2 unspecified atom stereocenters. The van der Waals surface area contributed by atoms with Crippen LogP contribution in [0, 0.1) is 0 Å². The minimum absolute atomic E-state index is 0.352. The highest BCUT2D eigenvalue weighted by atomic mass is 32.2. The summed E-state index contributed by atoms with van der Waals surface area (Å²) in [6.07, 6.45) is 13.6. The number of hydrogen-bond donors (Lipinski definition) is 2. The average molecular weight is 351 g/mol. The van der Waals surface area contributed by atoms with E-state index >= 15 is 0 Å². The van der Waals surface area contributed by atoms with Gasteiger partial charge in [0.25, 0.3) is 10.1 Å². The highest BCUT2D eigenvalue weighted by Gasteiger charge is 2.22. The van der Waals surface area contributed by atoms with Crippen molar-refractivity contribution in [3.8, 4) is 0 Å². The molecule has 140 valence electrons. The first-order valence-electron chi connectivity index (χ1n) is 9.56. The zero-order chi connectivity index (χ0) is 17.6. The van der Waals surface area contributed by atoms with Crippen LogP contribution in [0.25, 0.3) is 0 Å². The summed E-state index contributed by atoms with van der Waals surface area (Å²) in [4.78, 5) is 0. The van der Waals surface area contributed by atoms with E-state index in [4.69, 9.17) is 4.55 Å². The summed E-state index contributed by atoms with van der Waals surface area (Å²) in [5, 5.41) is 9.24. The van der Waals surface area contributed by atoms with Crippen molar-refractivity contribution >= 4 is 10.1 Å². The third-order valence-corrected chi connectivity index (χ3v) is 5.81. The second-order valence-electron chi connectivity index (χ2n) is 6.77. The zero-order valence-electron chi connectivity index (χ0n) is 15.2. The topological polar surface area (TPSA) is 74.6 Å². The normalized spacial score (nSPS) is 14.8. The molecule has 0 aliphatic heterocycles. The maximum absolute atomic E-state index is 11.2. The largest absolute Gasteiger partial charge is 0.393 e. The Balaban J connectivity index is 3.61. The molecule has 2 N–H and O–H groups in total. The fraction of sp³-hybridized carbons (Fsp3) is 1.00. The standard InChI is InChI=1S/C18H38O4S/c1-3-5-6-7-8-9-10-11-12-14-17(19)15-16-18(13-4-2)23(20,21)22/h17-19H,3-16H2,1-2H3,(H,20,21,22). The number of unbranched alkanes of at least 4 members (excludes halogenated alkanes) is 8. The molecule has 0 aliphatic rings. The van der Waals surface area contributed by atoms with Gasteiger partial charge in [-0.1, -0.05) is 78.1 Å². The molecule has 0 amide bonds. The Morgan fingerprint density at radius 3 is 1.70 bits per heavy atom. The molecule has 0 fully saturated rings. The molecule has 0 aromatic carbocycles. The first kappa shape index (κ1) is 22.9. The highest BCUT2D eigenvalue weighted by molar-refractivity contribution is 7.86. The fourth-order valence-electron chi connectivity index (χ4n) is 2.98. The Bertz CT molecular complexity index is 354. The van der Waals surface area contributed by atoms with Gasteiger partial charge >= 0.3 is 0 Å². The van der Waals surface area contributed by atoms with Crippen molar-refractivity contribution < 1.29 is 18.1 Å². The van der Waals surface area contributed by atoms with Crippen molar-refractivity contribution in [2.75, 3.05) is 0 Å². The molecule has 0 aliphatic carbocycles. The molecule has 23 heavy (non-hydrogen) atoms. The Hall–Kier alpha value is -0.130. The van der Waals surface area contributed by atoms with Crippen LogP contribution in [0.2, 0.25) is 0 Å². The van der Waals surface area contributed by atoms with Gasteiger partial charge in [0.15, 0.2) is 0 Å². The van der Waals surface area contributed by atoms with Gasteiger partial charge in [-0.2, -0.15) is 8.42 Å². The third kappa shape index (κ3) is 14.0. The molecule has 0 rings (SSSR count). The summed E-state index contributed by atoms with van der Waals surface area (Å²) in [5.41, 5.74) is 0. The van der Waals surface area contributed by atoms with Crippen LogP contribution in [0.4, 0.5) is 0 Å². The van der Waals surface area contributed by atoms with Gasteiger partial charge in [-0.3, -0.25) is 4.55 Å². The lowest BCUT2D eigenvalue weighted by atomic mass is 10.0. The number of aliphatic hydroxyl groups excluding tert-OH is 1. The SMILES string of the molecule is CCCCCCCCCCCC(O)CCC(CCC)S(=O)(=O)O. The molecule has 0 spiro atoms. The molecule has 0 aromatic heterocycles. The molecule has 0 saturated heterocycles. The van der Waals surface area contributed by atoms with Gasteiger partial charge in [-0.05, 0) is 25.7 Å². The van der Waals surface area contributed by atoms with E-state index in [2.05, 4.69) is 6.92 Å². The van der Waals surface area contributed by atoms with E-state index in [0.29, 0.717) is 19.3 Å². The summed E-state index contributed by atoms with van der Waals surface area (Å²) >= 11 is 0. The molecule has 0 heterocycles. The number of aliphatic hydroxyl groups is 1. The first-order chi connectivity index (χ1) is 10.9. The average Bonchev–Trinajstić information content (AvgIpc) is 2.48. The fourth-order valence-corrected chi connectivity index (χ4v) is 3.94. The molecule has 0 saturated carbocycles. The minimum Gasteiger partial charge on any atom is -0.393 e. The lowest BCUT2D eigenvalue weighted by Gasteiger charge is -2.15. The predicted molar refractivity (Wildman–Crippen MR) is 97.3 cm³/mol. The summed E-state index contributed by atoms with van der Waals surface area (Å²) < 4.78 is 31.6. The maximum atomic E-state index is 11.2. The van der Waals surface area contributed by atoms with Crippen LogP contribution in [0.15, 0.2) is 0 Å². The molecule has 2 atom stereocenters. The smallest absolute Gasteiger partial charge is 0.267 e. The van der Waals surface area contributed by atoms with Crippen LogP contribution < -0.4 is 0 Å². The Morgan fingerprint density at radius 2 is 1.22 bits per heavy atom. The lowest BCUT2D eigenvalue weighted by Crippen LogP contribution is -2.22. The van der Waals surface area contributed by atoms with Crippen LogP contribution in [-0.2, 0) is 10.1 Å².